The highest BCUT2D eigenvalue weighted by molar-refractivity contribution is 5.95. The van der Waals surface area contributed by atoms with Gasteiger partial charge in [0.25, 0.3) is 5.69 Å². The average Bonchev–Trinajstić information content (AvgIpc) is 2.36. The van der Waals surface area contributed by atoms with Gasteiger partial charge in [0, 0.05) is 12.1 Å². The summed E-state index contributed by atoms with van der Waals surface area (Å²) in [5, 5.41) is 20.0. The molecular formula is C14H18N2O6. The van der Waals surface area contributed by atoms with E-state index in [9.17, 15) is 24.8 Å². The molecule has 1 rings (SSSR count). The van der Waals surface area contributed by atoms with E-state index in [0.717, 1.165) is 6.07 Å². The molecule has 120 valence electrons. The number of carbonyl (C=O) groups is 2. The summed E-state index contributed by atoms with van der Waals surface area (Å²) in [6.07, 6.45) is 0. The maximum absolute atomic E-state index is 12.0. The van der Waals surface area contributed by atoms with Crippen LogP contribution in [0.5, 0.6) is 0 Å². The number of nitro groups is 1. The van der Waals surface area contributed by atoms with Crippen LogP contribution in [0.3, 0.4) is 0 Å². The molecule has 2 atom stereocenters. The van der Waals surface area contributed by atoms with E-state index in [1.165, 1.54) is 18.2 Å². The summed E-state index contributed by atoms with van der Waals surface area (Å²) in [6, 6.07) is 3.94. The van der Waals surface area contributed by atoms with E-state index in [4.69, 9.17) is 10.5 Å². The van der Waals surface area contributed by atoms with Crippen LogP contribution in [-0.2, 0) is 14.3 Å². The maximum atomic E-state index is 12.0. The molecule has 1 aromatic carbocycles. The number of non-ortho nitro benzene ring substituents is 1. The van der Waals surface area contributed by atoms with Gasteiger partial charge in [0.1, 0.15) is 5.60 Å². The zero-order valence-corrected chi connectivity index (χ0v) is 12.5. The predicted molar refractivity (Wildman–Crippen MR) is 77.0 cm³/mol. The molecule has 0 bridgehead atoms. The van der Waals surface area contributed by atoms with Crippen molar-refractivity contribution in [1.82, 2.24) is 0 Å². The first-order chi connectivity index (χ1) is 10.0. The molecule has 0 aliphatic heterocycles. The van der Waals surface area contributed by atoms with Gasteiger partial charge in [0.15, 0.2) is 5.92 Å². The largest absolute Gasteiger partial charge is 0.481 e. The summed E-state index contributed by atoms with van der Waals surface area (Å²) in [4.78, 5) is 33.5. The van der Waals surface area contributed by atoms with Crippen LogP contribution in [0.25, 0.3) is 0 Å². The number of aliphatic carboxylic acids is 1. The van der Waals surface area contributed by atoms with Crippen LogP contribution in [0.1, 0.15) is 32.4 Å². The first-order valence-corrected chi connectivity index (χ1v) is 6.48. The van der Waals surface area contributed by atoms with Gasteiger partial charge in [-0.25, -0.2) is 0 Å². The van der Waals surface area contributed by atoms with Crippen molar-refractivity contribution in [2.45, 2.75) is 32.4 Å². The van der Waals surface area contributed by atoms with Crippen molar-refractivity contribution in [3.63, 3.8) is 0 Å². The summed E-state index contributed by atoms with van der Waals surface area (Å²) in [7, 11) is 0. The van der Waals surface area contributed by atoms with Gasteiger partial charge in [0.2, 0.25) is 0 Å². The summed E-state index contributed by atoms with van der Waals surface area (Å²) in [5.74, 6) is -4.09. The van der Waals surface area contributed by atoms with Crippen LogP contribution in [0, 0.1) is 16.0 Å². The highest BCUT2D eigenvalue weighted by Gasteiger charge is 2.37. The summed E-state index contributed by atoms with van der Waals surface area (Å²) < 4.78 is 5.05. The van der Waals surface area contributed by atoms with Gasteiger partial charge in [-0.15, -0.1) is 0 Å². The summed E-state index contributed by atoms with van der Waals surface area (Å²) in [5.41, 5.74) is 4.90. The van der Waals surface area contributed by atoms with Crippen molar-refractivity contribution in [2.75, 3.05) is 0 Å². The molecule has 0 heterocycles. The molecule has 0 fully saturated rings. The van der Waals surface area contributed by atoms with E-state index in [0.29, 0.717) is 0 Å². The molecule has 0 radical (unpaired) electrons. The van der Waals surface area contributed by atoms with E-state index >= 15 is 0 Å². The van der Waals surface area contributed by atoms with Gasteiger partial charge >= 0.3 is 11.9 Å². The molecule has 22 heavy (non-hydrogen) atoms. The normalized spacial score (nSPS) is 14.0. The molecule has 0 amide bonds. The number of carbonyl (C=O) groups excluding carboxylic acids is 1. The molecule has 0 saturated carbocycles. The number of benzene rings is 1. The number of hydrogen-bond donors (Lipinski definition) is 2. The van der Waals surface area contributed by atoms with Crippen molar-refractivity contribution in [2.24, 2.45) is 11.7 Å². The second-order valence-corrected chi connectivity index (χ2v) is 5.73. The minimum Gasteiger partial charge on any atom is -0.481 e. The van der Waals surface area contributed by atoms with E-state index in [-0.39, 0.29) is 11.3 Å². The number of carboxylic acids is 1. The number of rotatable bonds is 5. The molecule has 3 N–H and O–H groups in total. The molecule has 1 unspecified atom stereocenters. The Labute approximate surface area is 127 Å². The number of nitro benzene ring substituents is 1. The van der Waals surface area contributed by atoms with Crippen LogP contribution in [-0.4, -0.2) is 27.6 Å². The highest BCUT2D eigenvalue weighted by atomic mass is 16.6. The molecule has 0 aliphatic rings. The second-order valence-electron chi connectivity index (χ2n) is 5.73. The number of nitrogens with zero attached hydrogens (tertiary/aromatic N) is 1. The quantitative estimate of drug-likeness (QED) is 0.365. The number of ether oxygens (including phenoxy) is 1. The Morgan fingerprint density at radius 3 is 2.41 bits per heavy atom. The highest BCUT2D eigenvalue weighted by Crippen LogP contribution is 2.26. The minimum atomic E-state index is -1.65. The third kappa shape index (κ3) is 4.52. The van der Waals surface area contributed by atoms with Gasteiger partial charge < -0.3 is 15.6 Å². The molecular weight excluding hydrogens is 292 g/mol. The standard InChI is InChI=1S/C14H18N2O6/c1-14(2,3)22-13(19)10(12(17)18)11(15)8-5-4-6-9(7-8)16(20)21/h4-7,10-11H,15H2,1-3H3,(H,17,18)/t10-,11?/m1/s1. The molecule has 0 saturated heterocycles. The Balaban J connectivity index is 3.11. The van der Waals surface area contributed by atoms with E-state index < -0.39 is 34.4 Å². The fraction of sp³-hybridized carbons (Fsp3) is 0.429. The lowest BCUT2D eigenvalue weighted by Crippen LogP contribution is -2.39. The third-order valence-electron chi connectivity index (χ3n) is 2.75. The van der Waals surface area contributed by atoms with Gasteiger partial charge in [-0.3, -0.25) is 19.7 Å². The molecule has 0 aromatic heterocycles. The zero-order valence-electron chi connectivity index (χ0n) is 12.5. The fourth-order valence-electron chi connectivity index (χ4n) is 1.80. The third-order valence-corrected chi connectivity index (χ3v) is 2.75. The van der Waals surface area contributed by atoms with Crippen LogP contribution >= 0.6 is 0 Å². The SMILES string of the molecule is CC(C)(C)OC(=O)[C@@H](C(=O)O)C(N)c1cccc([N+](=O)[O-])c1. The van der Waals surface area contributed by atoms with E-state index in [1.807, 2.05) is 0 Å². The first kappa shape index (κ1) is 17.6. The topological polar surface area (TPSA) is 133 Å². The van der Waals surface area contributed by atoms with E-state index in [1.54, 1.807) is 20.8 Å². The van der Waals surface area contributed by atoms with Gasteiger partial charge in [-0.1, -0.05) is 12.1 Å². The van der Waals surface area contributed by atoms with Gasteiger partial charge in [-0.05, 0) is 26.3 Å². The lowest BCUT2D eigenvalue weighted by Gasteiger charge is -2.25. The second kappa shape index (κ2) is 6.52. The lowest BCUT2D eigenvalue weighted by atomic mass is 9.93. The number of carboxylic acid groups (broad SMARTS) is 1. The Morgan fingerprint density at radius 2 is 1.95 bits per heavy atom. The molecule has 1 aromatic rings. The molecule has 0 aliphatic carbocycles. The fourth-order valence-corrected chi connectivity index (χ4v) is 1.80. The number of esters is 1. The monoisotopic (exact) mass is 310 g/mol. The number of nitrogens with two attached hydrogens (primary N) is 1. The number of hydrogen-bond acceptors (Lipinski definition) is 6. The Kier molecular flexibility index (Phi) is 5.21. The Hall–Kier alpha value is -2.48. The molecule has 8 heteroatoms. The zero-order chi connectivity index (χ0) is 17.1. The molecule has 0 spiro atoms. The van der Waals surface area contributed by atoms with Crippen LogP contribution < -0.4 is 5.73 Å². The average molecular weight is 310 g/mol. The van der Waals surface area contributed by atoms with E-state index in [2.05, 4.69) is 0 Å². The van der Waals surface area contributed by atoms with Crippen LogP contribution in [0.2, 0.25) is 0 Å². The Morgan fingerprint density at radius 1 is 1.36 bits per heavy atom. The molecule has 8 nitrogen and oxygen atoms in total. The van der Waals surface area contributed by atoms with Crippen molar-refractivity contribution in [3.8, 4) is 0 Å². The first-order valence-electron chi connectivity index (χ1n) is 6.48. The summed E-state index contributed by atoms with van der Waals surface area (Å²) >= 11 is 0. The van der Waals surface area contributed by atoms with Crippen LogP contribution in [0.4, 0.5) is 5.69 Å². The summed E-state index contributed by atoms with van der Waals surface area (Å²) in [6.45, 7) is 4.80. The predicted octanol–water partition coefficient (Wildman–Crippen LogP) is 1.64. The lowest BCUT2D eigenvalue weighted by molar-refractivity contribution is -0.384. The van der Waals surface area contributed by atoms with Gasteiger partial charge in [-0.2, -0.15) is 0 Å². The maximum Gasteiger partial charge on any atom is 0.322 e. The van der Waals surface area contributed by atoms with Crippen molar-refractivity contribution >= 4 is 17.6 Å². The Bertz CT molecular complexity index is 593. The van der Waals surface area contributed by atoms with Crippen LogP contribution in [0.15, 0.2) is 24.3 Å². The van der Waals surface area contributed by atoms with Crippen molar-refractivity contribution in [3.05, 3.63) is 39.9 Å². The smallest absolute Gasteiger partial charge is 0.322 e. The minimum absolute atomic E-state index is 0.174. The van der Waals surface area contributed by atoms with Crippen molar-refractivity contribution in [1.29, 1.82) is 0 Å². The van der Waals surface area contributed by atoms with Crippen molar-refractivity contribution < 1.29 is 24.4 Å². The van der Waals surface area contributed by atoms with Gasteiger partial charge in [0.05, 0.1) is 11.0 Å².